The van der Waals surface area contributed by atoms with Crippen LogP contribution in [-0.2, 0) is 37.1 Å². The van der Waals surface area contributed by atoms with Crippen molar-refractivity contribution in [2.24, 2.45) is 17.3 Å². The summed E-state index contributed by atoms with van der Waals surface area (Å²) in [6.45, 7) is 2.19. The fourth-order valence-corrected chi connectivity index (χ4v) is 4.53. The van der Waals surface area contributed by atoms with Gasteiger partial charge in [-0.2, -0.15) is 0 Å². The molecule has 0 spiro atoms. The van der Waals surface area contributed by atoms with Crippen molar-refractivity contribution < 1.29 is 29.0 Å². The number of Topliss-reactive ketones (excluding diaryl/α,β-unsaturated/α-hetero) is 1. The maximum atomic E-state index is 13.3. The summed E-state index contributed by atoms with van der Waals surface area (Å²) < 4.78 is 10.9. The molecule has 0 unspecified atom stereocenters. The predicted octanol–water partition coefficient (Wildman–Crippen LogP) is 5.02. The molecule has 0 heterocycles. The van der Waals surface area contributed by atoms with E-state index in [1.54, 1.807) is 0 Å². The van der Waals surface area contributed by atoms with E-state index in [2.05, 4.69) is 6.92 Å². The molecule has 35 heavy (non-hydrogen) atoms. The smallest absolute Gasteiger partial charge is 0.309 e. The van der Waals surface area contributed by atoms with Crippen LogP contribution in [0.1, 0.15) is 63.0 Å². The molecule has 2 aromatic carbocycles. The van der Waals surface area contributed by atoms with E-state index in [1.165, 1.54) is 0 Å². The fraction of sp³-hybridized carbons (Fsp3) is 0.483. The Labute approximate surface area is 207 Å². The number of aliphatic hydroxyl groups excluding tert-OH is 1. The summed E-state index contributed by atoms with van der Waals surface area (Å²) in [5, 5.41) is 10.1. The number of esters is 2. The van der Waals surface area contributed by atoms with Crippen molar-refractivity contribution >= 4 is 17.7 Å². The average Bonchev–Trinajstić information content (AvgIpc) is 2.90. The maximum absolute atomic E-state index is 13.3. The first-order valence-corrected chi connectivity index (χ1v) is 12.5. The van der Waals surface area contributed by atoms with E-state index in [-0.39, 0.29) is 44.9 Å². The number of rotatable bonds is 12. The van der Waals surface area contributed by atoms with Crippen LogP contribution in [0.25, 0.3) is 0 Å². The zero-order chi connectivity index (χ0) is 25.1. The minimum absolute atomic E-state index is 0.00831. The van der Waals surface area contributed by atoms with Crippen LogP contribution in [0, 0.1) is 17.3 Å². The van der Waals surface area contributed by atoms with Crippen molar-refractivity contribution in [3.63, 3.8) is 0 Å². The molecule has 2 aromatic rings. The Morgan fingerprint density at radius 3 is 2.00 bits per heavy atom. The summed E-state index contributed by atoms with van der Waals surface area (Å²) in [5.41, 5.74) is 0.922. The second kappa shape index (κ2) is 13.2. The van der Waals surface area contributed by atoms with Gasteiger partial charge in [0.1, 0.15) is 19.0 Å². The van der Waals surface area contributed by atoms with Crippen molar-refractivity contribution in [3.8, 4) is 0 Å². The second-order valence-corrected chi connectivity index (χ2v) is 9.72. The van der Waals surface area contributed by atoms with E-state index in [1.807, 2.05) is 60.7 Å². The molecule has 1 aliphatic rings. The van der Waals surface area contributed by atoms with Crippen molar-refractivity contribution in [1.29, 1.82) is 0 Å². The lowest BCUT2D eigenvalue weighted by Crippen LogP contribution is -2.40. The Balaban J connectivity index is 1.61. The molecule has 1 saturated carbocycles. The second-order valence-electron chi connectivity index (χ2n) is 9.72. The van der Waals surface area contributed by atoms with Crippen LogP contribution >= 0.6 is 0 Å². The molecule has 0 amide bonds. The molecule has 0 bridgehead atoms. The Kier molecular flexibility index (Phi) is 10.0. The Morgan fingerprint density at radius 2 is 1.46 bits per heavy atom. The number of carbonyl (C=O) groups is 3. The number of hydrogen-bond acceptors (Lipinski definition) is 6. The van der Waals surface area contributed by atoms with Gasteiger partial charge < -0.3 is 14.6 Å². The number of ether oxygens (including phenoxy) is 2. The van der Waals surface area contributed by atoms with Gasteiger partial charge in [0, 0.05) is 12.8 Å². The van der Waals surface area contributed by atoms with Gasteiger partial charge in [0.2, 0.25) is 0 Å². The van der Waals surface area contributed by atoms with Crippen LogP contribution in [0.4, 0.5) is 0 Å². The minimum atomic E-state index is -0.807. The van der Waals surface area contributed by atoms with Crippen molar-refractivity contribution in [2.75, 3.05) is 6.61 Å². The van der Waals surface area contributed by atoms with E-state index in [0.29, 0.717) is 18.8 Å². The molecule has 1 aliphatic carbocycles. The van der Waals surface area contributed by atoms with Gasteiger partial charge in [-0.15, -0.1) is 0 Å². The first-order valence-electron chi connectivity index (χ1n) is 12.5. The van der Waals surface area contributed by atoms with Crippen LogP contribution in [0.15, 0.2) is 60.7 Å². The van der Waals surface area contributed by atoms with Gasteiger partial charge >= 0.3 is 11.9 Å². The normalized spacial score (nSPS) is 20.6. The van der Waals surface area contributed by atoms with E-state index >= 15 is 0 Å². The first-order chi connectivity index (χ1) is 16.9. The van der Waals surface area contributed by atoms with Crippen LogP contribution in [-0.4, -0.2) is 29.4 Å². The van der Waals surface area contributed by atoms with Gasteiger partial charge in [0.25, 0.3) is 0 Å². The third kappa shape index (κ3) is 8.03. The molecule has 0 radical (unpaired) electrons. The predicted molar refractivity (Wildman–Crippen MR) is 132 cm³/mol. The molecule has 0 saturated heterocycles. The van der Waals surface area contributed by atoms with Gasteiger partial charge in [0.05, 0.1) is 17.9 Å². The highest BCUT2D eigenvalue weighted by molar-refractivity contribution is 5.89. The SMILES string of the molecule is CC1CCC(CO)(C(=O)C[C@@H](CCC(=O)OCc2ccccc2)C(=O)OCc2ccccc2)CC1. The monoisotopic (exact) mass is 480 g/mol. The highest BCUT2D eigenvalue weighted by Gasteiger charge is 2.41. The first kappa shape index (κ1) is 26.6. The number of benzene rings is 2. The summed E-state index contributed by atoms with van der Waals surface area (Å²) in [5.74, 6) is -1.29. The number of ketones is 1. The summed E-state index contributed by atoms with van der Waals surface area (Å²) in [4.78, 5) is 38.7. The van der Waals surface area contributed by atoms with Gasteiger partial charge in [-0.05, 0) is 49.1 Å². The molecule has 1 fully saturated rings. The average molecular weight is 481 g/mol. The summed E-state index contributed by atoms with van der Waals surface area (Å²) in [7, 11) is 0. The van der Waals surface area contributed by atoms with Crippen molar-refractivity contribution in [2.45, 2.75) is 65.1 Å². The molecule has 1 N–H and O–H groups in total. The molecule has 0 aliphatic heterocycles. The third-order valence-electron chi connectivity index (χ3n) is 7.05. The Morgan fingerprint density at radius 1 is 0.914 bits per heavy atom. The molecular formula is C29H36O6. The van der Waals surface area contributed by atoms with Crippen molar-refractivity contribution in [3.05, 3.63) is 71.8 Å². The minimum Gasteiger partial charge on any atom is -0.461 e. The lowest BCUT2D eigenvalue weighted by Gasteiger charge is -2.37. The molecule has 1 atom stereocenters. The van der Waals surface area contributed by atoms with Gasteiger partial charge in [-0.3, -0.25) is 14.4 Å². The summed E-state index contributed by atoms with van der Waals surface area (Å²) in [6, 6.07) is 18.7. The molecule has 0 aromatic heterocycles. The Bertz CT molecular complexity index is 948. The third-order valence-corrected chi connectivity index (χ3v) is 7.05. The quantitative estimate of drug-likeness (QED) is 0.429. The zero-order valence-corrected chi connectivity index (χ0v) is 20.5. The topological polar surface area (TPSA) is 89.9 Å². The van der Waals surface area contributed by atoms with Gasteiger partial charge in [-0.1, -0.05) is 67.6 Å². The number of aliphatic hydroxyl groups is 1. The highest BCUT2D eigenvalue weighted by atomic mass is 16.5. The molecular weight excluding hydrogens is 444 g/mol. The van der Waals surface area contributed by atoms with E-state index in [9.17, 15) is 19.5 Å². The molecule has 3 rings (SSSR count). The van der Waals surface area contributed by atoms with Crippen LogP contribution in [0.3, 0.4) is 0 Å². The van der Waals surface area contributed by atoms with Crippen molar-refractivity contribution in [1.82, 2.24) is 0 Å². The Hall–Kier alpha value is -2.99. The van der Waals surface area contributed by atoms with Gasteiger partial charge in [0.15, 0.2) is 0 Å². The number of hydrogen-bond donors (Lipinski definition) is 1. The lowest BCUT2D eigenvalue weighted by atomic mass is 9.67. The molecule has 188 valence electrons. The highest BCUT2D eigenvalue weighted by Crippen LogP contribution is 2.41. The van der Waals surface area contributed by atoms with Gasteiger partial charge in [-0.25, -0.2) is 0 Å². The lowest BCUT2D eigenvalue weighted by molar-refractivity contribution is -0.154. The van der Waals surface area contributed by atoms with Crippen LogP contribution < -0.4 is 0 Å². The number of carbonyl (C=O) groups excluding carboxylic acids is 3. The molecule has 6 heteroatoms. The fourth-order valence-electron chi connectivity index (χ4n) is 4.53. The summed E-state index contributed by atoms with van der Waals surface area (Å²) in [6.07, 6.45) is 3.11. The van der Waals surface area contributed by atoms with E-state index in [0.717, 1.165) is 24.0 Å². The van der Waals surface area contributed by atoms with E-state index in [4.69, 9.17) is 9.47 Å². The largest absolute Gasteiger partial charge is 0.461 e. The maximum Gasteiger partial charge on any atom is 0.309 e. The zero-order valence-electron chi connectivity index (χ0n) is 20.5. The standard InChI is InChI=1S/C29H36O6/c1-22-14-16-29(21-30,17-15-22)26(31)18-25(28(33)35-20-24-10-6-3-7-11-24)12-13-27(32)34-19-23-8-4-2-5-9-23/h2-11,22,25,30H,12-21H2,1H3/t22?,25-,29?/m1/s1. The molecule has 6 nitrogen and oxygen atoms in total. The summed E-state index contributed by atoms with van der Waals surface area (Å²) >= 11 is 0. The van der Waals surface area contributed by atoms with E-state index < -0.39 is 23.3 Å². The van der Waals surface area contributed by atoms with Crippen LogP contribution in [0.5, 0.6) is 0 Å². The van der Waals surface area contributed by atoms with Crippen LogP contribution in [0.2, 0.25) is 0 Å².